The Morgan fingerprint density at radius 2 is 1.83 bits per heavy atom. The summed E-state index contributed by atoms with van der Waals surface area (Å²) in [4.78, 5) is 0. The normalized spacial score (nSPS) is 17.9. The molecular formula is C13H18O5. The lowest BCUT2D eigenvalue weighted by atomic mass is 10.0. The molecule has 1 aliphatic heterocycles. The lowest BCUT2D eigenvalue weighted by Crippen LogP contribution is -2.19. The van der Waals surface area contributed by atoms with Crippen LogP contribution >= 0.6 is 0 Å². The van der Waals surface area contributed by atoms with Crippen LogP contribution in [0.4, 0.5) is 0 Å². The molecule has 2 rings (SSSR count). The van der Waals surface area contributed by atoms with E-state index in [4.69, 9.17) is 14.6 Å². The fourth-order valence-corrected chi connectivity index (χ4v) is 1.88. The molecule has 1 heterocycles. The predicted molar refractivity (Wildman–Crippen MR) is 64.7 cm³/mol. The molecule has 0 aliphatic carbocycles. The zero-order valence-corrected chi connectivity index (χ0v) is 10.1. The zero-order chi connectivity index (χ0) is 13.0. The highest BCUT2D eigenvalue weighted by atomic mass is 16.5. The van der Waals surface area contributed by atoms with Gasteiger partial charge in [-0.15, -0.1) is 0 Å². The van der Waals surface area contributed by atoms with Crippen LogP contribution in [0.15, 0.2) is 18.2 Å². The number of aliphatic hydroxyl groups excluding tert-OH is 3. The van der Waals surface area contributed by atoms with E-state index in [9.17, 15) is 10.2 Å². The van der Waals surface area contributed by atoms with Crippen molar-refractivity contribution >= 4 is 0 Å². The average molecular weight is 254 g/mol. The Morgan fingerprint density at radius 1 is 1.11 bits per heavy atom. The summed E-state index contributed by atoms with van der Waals surface area (Å²) in [5.74, 6) is 1.24. The number of aliphatic hydroxyl groups is 3. The summed E-state index contributed by atoms with van der Waals surface area (Å²) in [6.45, 7) is 1.02. The molecule has 5 heteroatoms. The summed E-state index contributed by atoms with van der Waals surface area (Å²) in [6, 6.07) is 5.09. The molecule has 5 nitrogen and oxygen atoms in total. The van der Waals surface area contributed by atoms with Crippen molar-refractivity contribution in [2.24, 2.45) is 0 Å². The molecule has 2 atom stereocenters. The van der Waals surface area contributed by atoms with Crippen LogP contribution in [0.3, 0.4) is 0 Å². The summed E-state index contributed by atoms with van der Waals surface area (Å²) in [5.41, 5.74) is 0.556. The minimum absolute atomic E-state index is 0.135. The van der Waals surface area contributed by atoms with Crippen molar-refractivity contribution < 1.29 is 24.8 Å². The first-order valence-corrected chi connectivity index (χ1v) is 6.09. The third kappa shape index (κ3) is 2.93. The molecule has 100 valence electrons. The van der Waals surface area contributed by atoms with Gasteiger partial charge >= 0.3 is 0 Å². The topological polar surface area (TPSA) is 79.2 Å². The SMILES string of the molecule is OCCC(O)C(O)c1ccc2c(c1)OCCCO2. The molecule has 0 saturated carbocycles. The van der Waals surface area contributed by atoms with Gasteiger partial charge in [0, 0.05) is 13.0 Å². The van der Waals surface area contributed by atoms with E-state index >= 15 is 0 Å². The summed E-state index contributed by atoms with van der Waals surface area (Å²) in [7, 11) is 0. The van der Waals surface area contributed by atoms with Crippen molar-refractivity contribution in [1.29, 1.82) is 0 Å². The van der Waals surface area contributed by atoms with Crippen LogP contribution < -0.4 is 9.47 Å². The lowest BCUT2D eigenvalue weighted by molar-refractivity contribution is 0.00409. The maximum Gasteiger partial charge on any atom is 0.161 e. The molecule has 1 aromatic rings. The molecule has 3 N–H and O–H groups in total. The largest absolute Gasteiger partial charge is 0.490 e. The van der Waals surface area contributed by atoms with E-state index < -0.39 is 12.2 Å². The Labute approximate surface area is 106 Å². The first-order chi connectivity index (χ1) is 8.72. The van der Waals surface area contributed by atoms with Crippen LogP contribution in [-0.2, 0) is 0 Å². The Kier molecular flexibility index (Phi) is 4.41. The standard InChI is InChI=1S/C13H18O5/c14-5-4-10(15)13(16)9-2-3-11-12(8-9)18-7-1-6-17-11/h2-3,8,10,13-16H,1,4-7H2. The monoisotopic (exact) mass is 254 g/mol. The molecule has 0 bridgehead atoms. The van der Waals surface area contributed by atoms with Gasteiger partial charge in [-0.2, -0.15) is 0 Å². The number of benzene rings is 1. The molecule has 0 saturated heterocycles. The molecular weight excluding hydrogens is 236 g/mol. The van der Waals surface area contributed by atoms with Crippen LogP contribution in [0, 0.1) is 0 Å². The smallest absolute Gasteiger partial charge is 0.161 e. The second-order valence-electron chi connectivity index (χ2n) is 4.28. The van der Waals surface area contributed by atoms with Gasteiger partial charge in [-0.05, 0) is 24.1 Å². The molecule has 2 unspecified atom stereocenters. The quantitative estimate of drug-likeness (QED) is 0.734. The van der Waals surface area contributed by atoms with E-state index in [1.165, 1.54) is 0 Å². The molecule has 0 spiro atoms. The number of fused-ring (bicyclic) bond motifs is 1. The fourth-order valence-electron chi connectivity index (χ4n) is 1.88. The maximum absolute atomic E-state index is 9.93. The van der Waals surface area contributed by atoms with E-state index in [0.29, 0.717) is 30.3 Å². The van der Waals surface area contributed by atoms with Crippen molar-refractivity contribution in [3.05, 3.63) is 23.8 Å². The Balaban J connectivity index is 2.17. The first kappa shape index (κ1) is 13.1. The molecule has 0 amide bonds. The molecule has 0 fully saturated rings. The number of hydrogen-bond donors (Lipinski definition) is 3. The number of hydrogen-bond acceptors (Lipinski definition) is 5. The molecule has 1 aromatic carbocycles. The van der Waals surface area contributed by atoms with E-state index in [1.54, 1.807) is 18.2 Å². The fraction of sp³-hybridized carbons (Fsp3) is 0.538. The lowest BCUT2D eigenvalue weighted by Gasteiger charge is -2.18. The third-order valence-corrected chi connectivity index (χ3v) is 2.90. The summed E-state index contributed by atoms with van der Waals surface area (Å²) in [5, 5.41) is 28.3. The molecule has 0 radical (unpaired) electrons. The van der Waals surface area contributed by atoms with E-state index in [0.717, 1.165) is 6.42 Å². The summed E-state index contributed by atoms with van der Waals surface area (Å²) >= 11 is 0. The van der Waals surface area contributed by atoms with Crippen molar-refractivity contribution in [1.82, 2.24) is 0 Å². The van der Waals surface area contributed by atoms with Gasteiger partial charge in [0.05, 0.1) is 19.3 Å². The van der Waals surface area contributed by atoms with Crippen LogP contribution in [-0.4, -0.2) is 41.2 Å². The van der Waals surface area contributed by atoms with E-state index in [1.807, 2.05) is 0 Å². The van der Waals surface area contributed by atoms with Gasteiger partial charge in [0.15, 0.2) is 11.5 Å². The minimum atomic E-state index is -1.03. The van der Waals surface area contributed by atoms with Gasteiger partial charge in [0.25, 0.3) is 0 Å². The highest BCUT2D eigenvalue weighted by Crippen LogP contribution is 2.33. The van der Waals surface area contributed by atoms with Crippen molar-refractivity contribution in [2.75, 3.05) is 19.8 Å². The van der Waals surface area contributed by atoms with Crippen molar-refractivity contribution in [3.8, 4) is 11.5 Å². The van der Waals surface area contributed by atoms with E-state index in [2.05, 4.69) is 0 Å². The average Bonchev–Trinajstić information content (AvgIpc) is 2.62. The van der Waals surface area contributed by atoms with Gasteiger partial charge in [-0.25, -0.2) is 0 Å². The maximum atomic E-state index is 9.93. The van der Waals surface area contributed by atoms with Crippen LogP contribution in [0.5, 0.6) is 11.5 Å². The van der Waals surface area contributed by atoms with Crippen molar-refractivity contribution in [2.45, 2.75) is 25.0 Å². The first-order valence-electron chi connectivity index (χ1n) is 6.09. The molecule has 1 aliphatic rings. The minimum Gasteiger partial charge on any atom is -0.490 e. The van der Waals surface area contributed by atoms with Gasteiger partial charge in [-0.3, -0.25) is 0 Å². The highest BCUT2D eigenvalue weighted by Gasteiger charge is 2.20. The summed E-state index contributed by atoms with van der Waals surface area (Å²) in [6.07, 6.45) is -1.07. The van der Waals surface area contributed by atoms with Gasteiger partial charge in [0.2, 0.25) is 0 Å². The molecule has 18 heavy (non-hydrogen) atoms. The summed E-state index contributed by atoms with van der Waals surface area (Å²) < 4.78 is 11.0. The molecule has 0 aromatic heterocycles. The van der Waals surface area contributed by atoms with Crippen LogP contribution in [0.25, 0.3) is 0 Å². The van der Waals surface area contributed by atoms with Gasteiger partial charge in [0.1, 0.15) is 6.10 Å². The number of ether oxygens (including phenoxy) is 2. The van der Waals surface area contributed by atoms with Gasteiger partial charge < -0.3 is 24.8 Å². The second kappa shape index (κ2) is 6.04. The Bertz CT molecular complexity index is 393. The number of rotatable bonds is 4. The Morgan fingerprint density at radius 3 is 2.56 bits per heavy atom. The van der Waals surface area contributed by atoms with Gasteiger partial charge in [-0.1, -0.05) is 6.07 Å². The predicted octanol–water partition coefficient (Wildman–Crippen LogP) is 0.625. The van der Waals surface area contributed by atoms with Crippen LogP contribution in [0.2, 0.25) is 0 Å². The highest BCUT2D eigenvalue weighted by molar-refractivity contribution is 5.44. The second-order valence-corrected chi connectivity index (χ2v) is 4.28. The van der Waals surface area contributed by atoms with Crippen molar-refractivity contribution in [3.63, 3.8) is 0 Å². The Hall–Kier alpha value is -1.30. The zero-order valence-electron chi connectivity index (χ0n) is 10.1. The van der Waals surface area contributed by atoms with E-state index in [-0.39, 0.29) is 13.0 Å². The van der Waals surface area contributed by atoms with Crippen LogP contribution in [0.1, 0.15) is 24.5 Å². The third-order valence-electron chi connectivity index (χ3n) is 2.90.